The van der Waals surface area contributed by atoms with E-state index < -0.39 is 0 Å². The third-order valence-electron chi connectivity index (χ3n) is 3.65. The van der Waals surface area contributed by atoms with Crippen LogP contribution in [0, 0.1) is 5.92 Å². The second-order valence-electron chi connectivity index (χ2n) is 5.32. The summed E-state index contributed by atoms with van der Waals surface area (Å²) < 4.78 is 2.88. The van der Waals surface area contributed by atoms with Gasteiger partial charge in [-0.05, 0) is 39.9 Å². The van der Waals surface area contributed by atoms with Crippen LogP contribution in [0.1, 0.15) is 22.8 Å². The first-order valence-electron chi connectivity index (χ1n) is 6.51. The molecule has 2 heterocycles. The van der Waals surface area contributed by atoms with E-state index in [4.69, 9.17) is 0 Å². The van der Waals surface area contributed by atoms with Crippen LogP contribution in [-0.2, 0) is 18.4 Å². The van der Waals surface area contributed by atoms with E-state index in [-0.39, 0.29) is 11.8 Å². The summed E-state index contributed by atoms with van der Waals surface area (Å²) >= 11 is 5.11. The Balaban J connectivity index is 1.60. The second-order valence-corrected chi connectivity index (χ2v) is 7.23. The smallest absolute Gasteiger partial charge is 0.226 e. The van der Waals surface area contributed by atoms with Crippen LogP contribution in [0.5, 0.6) is 0 Å². The number of hydrogen-bond donors (Lipinski definition) is 0. The fraction of sp³-hybridized carbons (Fsp3) is 0.429. The van der Waals surface area contributed by atoms with Crippen molar-refractivity contribution in [1.29, 1.82) is 0 Å². The van der Waals surface area contributed by atoms with E-state index in [0.29, 0.717) is 12.5 Å². The largest absolute Gasteiger partial charge is 0.340 e. The molecule has 2 aromatic rings. The summed E-state index contributed by atoms with van der Waals surface area (Å²) in [5.74, 6) is 0.727. The summed E-state index contributed by atoms with van der Waals surface area (Å²) in [6.45, 7) is 0.686. The highest BCUT2D eigenvalue weighted by molar-refractivity contribution is 9.10. The van der Waals surface area contributed by atoms with E-state index in [0.717, 1.165) is 10.9 Å². The average molecular weight is 354 g/mol. The summed E-state index contributed by atoms with van der Waals surface area (Å²) in [7, 11) is 3.79. The van der Waals surface area contributed by atoms with Crippen molar-refractivity contribution in [3.05, 3.63) is 38.8 Å². The Bertz CT molecular complexity index is 632. The van der Waals surface area contributed by atoms with Gasteiger partial charge in [0, 0.05) is 40.9 Å². The molecule has 0 aliphatic heterocycles. The van der Waals surface area contributed by atoms with Gasteiger partial charge >= 0.3 is 0 Å². The second kappa shape index (κ2) is 5.33. The maximum Gasteiger partial charge on any atom is 0.226 e. The van der Waals surface area contributed by atoms with Crippen molar-refractivity contribution in [3.63, 3.8) is 0 Å². The van der Waals surface area contributed by atoms with Crippen LogP contribution in [0.3, 0.4) is 0 Å². The Morgan fingerprint density at radius 1 is 1.65 bits per heavy atom. The van der Waals surface area contributed by atoms with Crippen LogP contribution >= 0.6 is 27.3 Å². The fourth-order valence-electron chi connectivity index (χ4n) is 2.50. The lowest BCUT2D eigenvalue weighted by Crippen LogP contribution is -2.27. The standard InChI is InChI=1S/C14H16BrN3OS/c1-17(7-11-3-10(15)8-20-11)14(19)13-4-12(13)9-5-16-18(2)6-9/h3,5-6,8,12-13H,4,7H2,1-2H3. The van der Waals surface area contributed by atoms with E-state index >= 15 is 0 Å². The van der Waals surface area contributed by atoms with Crippen LogP contribution in [0.15, 0.2) is 28.3 Å². The van der Waals surface area contributed by atoms with Crippen LogP contribution in [-0.4, -0.2) is 27.6 Å². The summed E-state index contributed by atoms with van der Waals surface area (Å²) in [6, 6.07) is 2.07. The SMILES string of the molecule is CN(Cc1cc(Br)cs1)C(=O)C1CC1c1cnn(C)c1. The maximum atomic E-state index is 12.4. The first-order chi connectivity index (χ1) is 9.54. The topological polar surface area (TPSA) is 38.1 Å². The minimum atomic E-state index is 0.132. The quantitative estimate of drug-likeness (QED) is 0.847. The number of aryl methyl sites for hydroxylation is 1. The molecule has 0 saturated heterocycles. The van der Waals surface area contributed by atoms with Gasteiger partial charge in [-0.3, -0.25) is 9.48 Å². The van der Waals surface area contributed by atoms with Crippen molar-refractivity contribution in [2.24, 2.45) is 13.0 Å². The van der Waals surface area contributed by atoms with E-state index in [1.165, 1.54) is 10.4 Å². The van der Waals surface area contributed by atoms with Crippen molar-refractivity contribution >= 4 is 33.2 Å². The number of thiophene rings is 1. The minimum Gasteiger partial charge on any atom is -0.340 e. The fourth-order valence-corrected chi connectivity index (χ4v) is 4.00. The van der Waals surface area contributed by atoms with Gasteiger partial charge in [0.15, 0.2) is 0 Å². The van der Waals surface area contributed by atoms with Crippen molar-refractivity contribution in [1.82, 2.24) is 14.7 Å². The van der Waals surface area contributed by atoms with Gasteiger partial charge in [0.05, 0.1) is 12.7 Å². The van der Waals surface area contributed by atoms with Crippen LogP contribution in [0.2, 0.25) is 0 Å². The Morgan fingerprint density at radius 2 is 2.45 bits per heavy atom. The lowest BCUT2D eigenvalue weighted by molar-refractivity contribution is -0.131. The number of hydrogen-bond acceptors (Lipinski definition) is 3. The molecule has 0 spiro atoms. The average Bonchev–Trinajstić information content (AvgIpc) is 2.93. The summed E-state index contributed by atoms with van der Waals surface area (Å²) in [5, 5.41) is 6.22. The Morgan fingerprint density at radius 3 is 3.05 bits per heavy atom. The van der Waals surface area contributed by atoms with E-state index in [2.05, 4.69) is 27.1 Å². The molecule has 0 N–H and O–H groups in total. The third kappa shape index (κ3) is 2.81. The van der Waals surface area contributed by atoms with Gasteiger partial charge in [0.2, 0.25) is 5.91 Å². The van der Waals surface area contributed by atoms with Crippen LogP contribution in [0.4, 0.5) is 0 Å². The predicted octanol–water partition coefficient (Wildman–Crippen LogP) is 3.01. The highest BCUT2D eigenvalue weighted by atomic mass is 79.9. The molecular weight excluding hydrogens is 338 g/mol. The van der Waals surface area contributed by atoms with Crippen molar-refractivity contribution in [2.75, 3.05) is 7.05 Å². The zero-order valence-electron chi connectivity index (χ0n) is 11.4. The molecule has 1 amide bonds. The molecule has 0 aromatic carbocycles. The van der Waals surface area contributed by atoms with E-state index in [9.17, 15) is 4.79 Å². The Kier molecular flexibility index (Phi) is 3.69. The molecule has 2 aromatic heterocycles. The molecule has 106 valence electrons. The number of nitrogens with zero attached hydrogens (tertiary/aromatic N) is 3. The lowest BCUT2D eigenvalue weighted by Gasteiger charge is -2.16. The number of rotatable bonds is 4. The molecular formula is C14H16BrN3OS. The molecule has 4 nitrogen and oxygen atoms in total. The highest BCUT2D eigenvalue weighted by Gasteiger charge is 2.45. The van der Waals surface area contributed by atoms with E-state index in [1.54, 1.807) is 16.0 Å². The van der Waals surface area contributed by atoms with Gasteiger partial charge in [-0.25, -0.2) is 0 Å². The third-order valence-corrected chi connectivity index (χ3v) is 5.33. The van der Waals surface area contributed by atoms with Crippen LogP contribution < -0.4 is 0 Å². The molecule has 1 aliphatic carbocycles. The van der Waals surface area contributed by atoms with Gasteiger partial charge in [0.25, 0.3) is 0 Å². The van der Waals surface area contributed by atoms with Gasteiger partial charge in [-0.2, -0.15) is 5.10 Å². The highest BCUT2D eigenvalue weighted by Crippen LogP contribution is 2.48. The molecule has 1 fully saturated rings. The molecule has 1 aliphatic rings. The molecule has 3 rings (SSSR count). The Hall–Kier alpha value is -1.14. The van der Waals surface area contributed by atoms with Crippen molar-refractivity contribution < 1.29 is 4.79 Å². The van der Waals surface area contributed by atoms with Gasteiger partial charge in [-0.15, -0.1) is 11.3 Å². The lowest BCUT2D eigenvalue weighted by atomic mass is 10.2. The number of halogens is 1. The molecule has 6 heteroatoms. The van der Waals surface area contributed by atoms with Crippen molar-refractivity contribution in [3.8, 4) is 0 Å². The first-order valence-corrected chi connectivity index (χ1v) is 8.18. The van der Waals surface area contributed by atoms with E-state index in [1.807, 2.05) is 36.8 Å². The van der Waals surface area contributed by atoms with Gasteiger partial charge in [-0.1, -0.05) is 0 Å². The van der Waals surface area contributed by atoms with Gasteiger partial charge < -0.3 is 4.90 Å². The first kappa shape index (κ1) is 13.8. The number of aromatic nitrogens is 2. The summed E-state index contributed by atoms with van der Waals surface area (Å²) in [6.07, 6.45) is 4.83. The zero-order chi connectivity index (χ0) is 14.3. The molecule has 20 heavy (non-hydrogen) atoms. The zero-order valence-corrected chi connectivity index (χ0v) is 13.8. The summed E-state index contributed by atoms with van der Waals surface area (Å²) in [5.41, 5.74) is 1.18. The molecule has 0 radical (unpaired) electrons. The Labute approximate surface area is 130 Å². The minimum absolute atomic E-state index is 0.132. The molecule has 1 saturated carbocycles. The molecule has 2 atom stereocenters. The normalized spacial score (nSPS) is 20.9. The number of carbonyl (C=O) groups excluding carboxylic acids is 1. The van der Waals surface area contributed by atoms with Gasteiger partial charge in [0.1, 0.15) is 0 Å². The van der Waals surface area contributed by atoms with Crippen molar-refractivity contribution in [2.45, 2.75) is 18.9 Å². The number of carbonyl (C=O) groups is 1. The summed E-state index contributed by atoms with van der Waals surface area (Å²) in [4.78, 5) is 15.4. The van der Waals surface area contributed by atoms with Crippen LogP contribution in [0.25, 0.3) is 0 Å². The molecule has 2 unspecified atom stereocenters. The predicted molar refractivity (Wildman–Crippen MR) is 82.5 cm³/mol. The molecule has 0 bridgehead atoms. The number of amides is 1. The maximum absolute atomic E-state index is 12.4. The monoisotopic (exact) mass is 353 g/mol.